The van der Waals surface area contributed by atoms with E-state index in [0.717, 1.165) is 57.2 Å². The first-order chi connectivity index (χ1) is 14.5. The van der Waals surface area contributed by atoms with E-state index in [9.17, 15) is 14.4 Å². The van der Waals surface area contributed by atoms with Crippen molar-refractivity contribution in [1.29, 1.82) is 0 Å². The molecule has 4 rings (SSSR count). The fourth-order valence-corrected chi connectivity index (χ4v) is 4.43. The lowest BCUT2D eigenvalue weighted by molar-refractivity contribution is -0.125. The summed E-state index contributed by atoms with van der Waals surface area (Å²) in [4.78, 5) is 42.0. The normalized spacial score (nSPS) is 21.5. The summed E-state index contributed by atoms with van der Waals surface area (Å²) in [7, 11) is 0. The SMILES string of the molecule is CC1CCC(NC(=O)COC(=O)c2ccc3c(=O)n4c(nc3c2)CCCCC4)CC1. The highest BCUT2D eigenvalue weighted by molar-refractivity contribution is 5.95. The lowest BCUT2D eigenvalue weighted by atomic mass is 9.87. The Morgan fingerprint density at radius 3 is 2.77 bits per heavy atom. The summed E-state index contributed by atoms with van der Waals surface area (Å²) in [6.07, 6.45) is 7.99. The Morgan fingerprint density at radius 1 is 1.17 bits per heavy atom. The molecule has 2 heterocycles. The van der Waals surface area contributed by atoms with Gasteiger partial charge < -0.3 is 10.1 Å². The molecule has 0 bridgehead atoms. The van der Waals surface area contributed by atoms with Crippen LogP contribution in [-0.2, 0) is 22.5 Å². The van der Waals surface area contributed by atoms with Crippen molar-refractivity contribution >= 4 is 22.8 Å². The molecule has 7 heteroatoms. The molecular weight excluding hydrogens is 382 g/mol. The summed E-state index contributed by atoms with van der Waals surface area (Å²) >= 11 is 0. The number of carbonyl (C=O) groups excluding carboxylic acids is 2. The molecule has 1 fully saturated rings. The fraction of sp³-hybridized carbons (Fsp3) is 0.565. The number of benzene rings is 1. The molecule has 2 aromatic rings. The van der Waals surface area contributed by atoms with Crippen molar-refractivity contribution in [3.05, 3.63) is 39.9 Å². The van der Waals surface area contributed by atoms with Crippen LogP contribution < -0.4 is 10.9 Å². The quantitative estimate of drug-likeness (QED) is 0.781. The second kappa shape index (κ2) is 8.98. The number of hydrogen-bond donors (Lipinski definition) is 1. The maximum absolute atomic E-state index is 12.8. The van der Waals surface area contributed by atoms with Gasteiger partial charge >= 0.3 is 5.97 Å². The molecule has 2 aliphatic rings. The Hall–Kier alpha value is -2.70. The number of amides is 1. The number of esters is 1. The maximum Gasteiger partial charge on any atom is 0.338 e. The van der Waals surface area contributed by atoms with Crippen LogP contribution in [0.15, 0.2) is 23.0 Å². The molecule has 1 aromatic carbocycles. The van der Waals surface area contributed by atoms with Gasteiger partial charge in [0.25, 0.3) is 11.5 Å². The van der Waals surface area contributed by atoms with Crippen LogP contribution in [0.4, 0.5) is 0 Å². The van der Waals surface area contributed by atoms with E-state index in [1.165, 1.54) is 0 Å². The minimum absolute atomic E-state index is 0.0574. The van der Waals surface area contributed by atoms with Gasteiger partial charge in [0.15, 0.2) is 6.61 Å². The topological polar surface area (TPSA) is 90.3 Å². The van der Waals surface area contributed by atoms with Crippen LogP contribution in [0.3, 0.4) is 0 Å². The summed E-state index contributed by atoms with van der Waals surface area (Å²) in [6, 6.07) is 4.95. The van der Waals surface area contributed by atoms with Crippen molar-refractivity contribution in [3.8, 4) is 0 Å². The molecule has 1 aromatic heterocycles. The van der Waals surface area contributed by atoms with Crippen LogP contribution in [0.5, 0.6) is 0 Å². The summed E-state index contributed by atoms with van der Waals surface area (Å²) in [5.41, 5.74) is 0.744. The molecule has 1 saturated carbocycles. The first-order valence-corrected chi connectivity index (χ1v) is 11.0. The lowest BCUT2D eigenvalue weighted by Gasteiger charge is -2.26. The first-order valence-electron chi connectivity index (χ1n) is 11.0. The van der Waals surface area contributed by atoms with Gasteiger partial charge in [-0.1, -0.05) is 13.3 Å². The highest BCUT2D eigenvalue weighted by atomic mass is 16.5. The number of ether oxygens (including phenoxy) is 1. The zero-order valence-corrected chi connectivity index (χ0v) is 17.5. The van der Waals surface area contributed by atoms with Crippen LogP contribution >= 0.6 is 0 Å². The summed E-state index contributed by atoms with van der Waals surface area (Å²) in [5.74, 6) is 0.628. The molecule has 0 atom stereocenters. The van der Waals surface area contributed by atoms with Gasteiger partial charge in [-0.05, 0) is 62.6 Å². The molecule has 7 nitrogen and oxygen atoms in total. The van der Waals surface area contributed by atoms with E-state index in [1.807, 2.05) is 0 Å². The van der Waals surface area contributed by atoms with Gasteiger partial charge in [-0.2, -0.15) is 0 Å². The number of aryl methyl sites for hydroxylation is 1. The lowest BCUT2D eigenvalue weighted by Crippen LogP contribution is -2.39. The molecule has 0 unspecified atom stereocenters. The number of carbonyl (C=O) groups is 2. The van der Waals surface area contributed by atoms with Gasteiger partial charge in [0.1, 0.15) is 5.82 Å². The monoisotopic (exact) mass is 411 g/mol. The zero-order chi connectivity index (χ0) is 21.1. The molecule has 0 radical (unpaired) electrons. The minimum Gasteiger partial charge on any atom is -0.452 e. The van der Waals surface area contributed by atoms with Crippen molar-refractivity contribution in [2.45, 2.75) is 70.9 Å². The highest BCUT2D eigenvalue weighted by Crippen LogP contribution is 2.23. The van der Waals surface area contributed by atoms with Crippen LogP contribution in [0, 0.1) is 5.92 Å². The second-order valence-corrected chi connectivity index (χ2v) is 8.63. The largest absolute Gasteiger partial charge is 0.452 e. The Morgan fingerprint density at radius 2 is 1.97 bits per heavy atom. The third-order valence-electron chi connectivity index (χ3n) is 6.27. The van der Waals surface area contributed by atoms with Crippen molar-refractivity contribution in [1.82, 2.24) is 14.9 Å². The van der Waals surface area contributed by atoms with E-state index in [1.54, 1.807) is 22.8 Å². The predicted octanol–water partition coefficient (Wildman–Crippen LogP) is 2.97. The molecule has 1 amide bonds. The Balaban J connectivity index is 1.42. The molecule has 1 aliphatic carbocycles. The van der Waals surface area contributed by atoms with Crippen molar-refractivity contribution in [3.63, 3.8) is 0 Å². The number of aromatic nitrogens is 2. The number of nitrogens with zero attached hydrogens (tertiary/aromatic N) is 2. The molecular formula is C23H29N3O4. The number of nitrogens with one attached hydrogen (secondary N) is 1. The first kappa shape index (κ1) is 20.6. The van der Waals surface area contributed by atoms with Crippen LogP contribution in [-0.4, -0.2) is 34.1 Å². The van der Waals surface area contributed by atoms with Gasteiger partial charge in [-0.15, -0.1) is 0 Å². The minimum atomic E-state index is -0.582. The van der Waals surface area contributed by atoms with Gasteiger partial charge in [-0.3, -0.25) is 14.2 Å². The smallest absolute Gasteiger partial charge is 0.338 e. The molecule has 1 N–H and O–H groups in total. The Bertz CT molecular complexity index is 1010. The van der Waals surface area contributed by atoms with E-state index in [0.29, 0.717) is 28.9 Å². The molecule has 160 valence electrons. The number of hydrogen-bond acceptors (Lipinski definition) is 5. The van der Waals surface area contributed by atoms with Crippen LogP contribution in [0.1, 0.15) is 68.1 Å². The number of rotatable bonds is 4. The average Bonchev–Trinajstić information content (AvgIpc) is 2.99. The summed E-state index contributed by atoms with van der Waals surface area (Å²) in [6.45, 7) is 2.61. The van der Waals surface area contributed by atoms with E-state index in [4.69, 9.17) is 4.74 Å². The zero-order valence-electron chi connectivity index (χ0n) is 17.5. The van der Waals surface area contributed by atoms with Crippen LogP contribution in [0.25, 0.3) is 10.9 Å². The van der Waals surface area contributed by atoms with E-state index in [2.05, 4.69) is 17.2 Å². The van der Waals surface area contributed by atoms with Gasteiger partial charge in [-0.25, -0.2) is 9.78 Å². The van der Waals surface area contributed by atoms with Crippen molar-refractivity contribution < 1.29 is 14.3 Å². The highest BCUT2D eigenvalue weighted by Gasteiger charge is 2.21. The van der Waals surface area contributed by atoms with Gasteiger partial charge in [0.2, 0.25) is 0 Å². The summed E-state index contributed by atoms with van der Waals surface area (Å²) < 4.78 is 6.96. The molecule has 30 heavy (non-hydrogen) atoms. The Kier molecular flexibility index (Phi) is 6.16. The second-order valence-electron chi connectivity index (χ2n) is 8.63. The molecule has 0 saturated heterocycles. The maximum atomic E-state index is 12.8. The Labute approximate surface area is 175 Å². The fourth-order valence-electron chi connectivity index (χ4n) is 4.43. The molecule has 1 aliphatic heterocycles. The van der Waals surface area contributed by atoms with E-state index < -0.39 is 5.97 Å². The van der Waals surface area contributed by atoms with E-state index in [-0.39, 0.29) is 24.1 Å². The third-order valence-corrected chi connectivity index (χ3v) is 6.27. The predicted molar refractivity (Wildman–Crippen MR) is 113 cm³/mol. The molecule has 0 spiro atoms. The van der Waals surface area contributed by atoms with E-state index >= 15 is 0 Å². The van der Waals surface area contributed by atoms with Crippen LogP contribution in [0.2, 0.25) is 0 Å². The van der Waals surface area contributed by atoms with Crippen molar-refractivity contribution in [2.75, 3.05) is 6.61 Å². The van der Waals surface area contributed by atoms with Crippen molar-refractivity contribution in [2.24, 2.45) is 5.92 Å². The third kappa shape index (κ3) is 4.55. The summed E-state index contributed by atoms with van der Waals surface area (Å²) in [5, 5.41) is 3.45. The average molecular weight is 412 g/mol. The van der Waals surface area contributed by atoms with Gasteiger partial charge in [0.05, 0.1) is 16.5 Å². The van der Waals surface area contributed by atoms with Gasteiger partial charge in [0, 0.05) is 19.0 Å². The standard InChI is InChI=1S/C23H29N3O4/c1-15-6-9-17(10-7-15)24-21(27)14-30-23(29)16-8-11-18-19(13-16)25-20-5-3-2-4-12-26(20)22(18)28/h8,11,13,15,17H,2-7,9-10,12,14H2,1H3,(H,24,27). The number of fused-ring (bicyclic) bond motifs is 2.